The Labute approximate surface area is 165 Å². The molecule has 0 bridgehead atoms. The van der Waals surface area contributed by atoms with E-state index in [0.29, 0.717) is 16.4 Å². The predicted octanol–water partition coefficient (Wildman–Crippen LogP) is 4.86. The molecule has 2 aromatic carbocycles. The first-order valence-corrected chi connectivity index (χ1v) is 10.2. The van der Waals surface area contributed by atoms with Gasteiger partial charge in [0.05, 0.1) is 22.3 Å². The molecule has 0 spiro atoms. The molecule has 0 saturated carbocycles. The molecule has 0 saturated heterocycles. The first-order valence-electron chi connectivity index (χ1n) is 8.46. The number of thioether (sulfide) groups is 1. The standard InChI is InChI=1S/C20H17N3O2S2/c1-12-11-26-20(21-12)23(15-6-4-3-5-7-15)19(25)14-8-9-17-16(10-14)22-18(24)13(2)27-17/h3-11,13H,1-2H3,(H,22,24). The molecule has 0 fully saturated rings. The van der Waals surface area contributed by atoms with Crippen molar-refractivity contribution in [3.8, 4) is 0 Å². The molecule has 136 valence electrons. The van der Waals surface area contributed by atoms with Gasteiger partial charge in [-0.25, -0.2) is 4.98 Å². The molecule has 1 atom stereocenters. The molecule has 0 radical (unpaired) electrons. The van der Waals surface area contributed by atoms with Crippen molar-refractivity contribution in [2.75, 3.05) is 10.2 Å². The Morgan fingerprint density at radius 1 is 1.19 bits per heavy atom. The molecule has 1 N–H and O–H groups in total. The zero-order valence-corrected chi connectivity index (χ0v) is 16.4. The fourth-order valence-electron chi connectivity index (χ4n) is 2.81. The van der Waals surface area contributed by atoms with E-state index in [2.05, 4.69) is 10.3 Å². The van der Waals surface area contributed by atoms with E-state index in [1.54, 1.807) is 17.0 Å². The molecular formula is C20H17N3O2S2. The number of carbonyl (C=O) groups is 2. The fourth-order valence-corrected chi connectivity index (χ4v) is 4.56. The van der Waals surface area contributed by atoms with E-state index in [9.17, 15) is 9.59 Å². The van der Waals surface area contributed by atoms with Gasteiger partial charge in [-0.2, -0.15) is 0 Å². The highest BCUT2D eigenvalue weighted by molar-refractivity contribution is 8.00. The molecule has 27 heavy (non-hydrogen) atoms. The predicted molar refractivity (Wildman–Crippen MR) is 110 cm³/mol. The van der Waals surface area contributed by atoms with Gasteiger partial charge in [0.25, 0.3) is 5.91 Å². The van der Waals surface area contributed by atoms with Crippen LogP contribution in [-0.4, -0.2) is 22.0 Å². The van der Waals surface area contributed by atoms with Gasteiger partial charge in [-0.05, 0) is 44.2 Å². The van der Waals surface area contributed by atoms with E-state index >= 15 is 0 Å². The van der Waals surface area contributed by atoms with E-state index in [4.69, 9.17) is 0 Å². The summed E-state index contributed by atoms with van der Waals surface area (Å²) in [4.78, 5) is 32.4. The normalized spacial score (nSPS) is 15.8. The summed E-state index contributed by atoms with van der Waals surface area (Å²) >= 11 is 2.92. The number of anilines is 3. The number of hydrogen-bond acceptors (Lipinski definition) is 5. The van der Waals surface area contributed by atoms with Crippen LogP contribution in [-0.2, 0) is 4.79 Å². The van der Waals surface area contributed by atoms with Gasteiger partial charge in [-0.1, -0.05) is 18.2 Å². The van der Waals surface area contributed by atoms with Gasteiger partial charge < -0.3 is 5.32 Å². The van der Waals surface area contributed by atoms with Crippen LogP contribution in [0.25, 0.3) is 0 Å². The highest BCUT2D eigenvalue weighted by Crippen LogP contribution is 2.37. The molecule has 2 heterocycles. The van der Waals surface area contributed by atoms with Gasteiger partial charge in [0.1, 0.15) is 0 Å². The number of nitrogens with one attached hydrogen (secondary N) is 1. The molecule has 5 nitrogen and oxygen atoms in total. The van der Waals surface area contributed by atoms with Crippen molar-refractivity contribution in [3.05, 3.63) is 65.2 Å². The molecule has 1 unspecified atom stereocenters. The molecule has 0 aliphatic carbocycles. The summed E-state index contributed by atoms with van der Waals surface area (Å²) < 4.78 is 0. The Hall–Kier alpha value is -2.64. The Morgan fingerprint density at radius 2 is 1.96 bits per heavy atom. The second-order valence-electron chi connectivity index (χ2n) is 6.21. The Kier molecular flexibility index (Phi) is 4.72. The topological polar surface area (TPSA) is 62.3 Å². The average molecular weight is 396 g/mol. The third-order valence-corrected chi connectivity index (χ3v) is 6.29. The minimum Gasteiger partial charge on any atom is -0.324 e. The second-order valence-corrected chi connectivity index (χ2v) is 8.43. The van der Waals surface area contributed by atoms with Crippen LogP contribution >= 0.6 is 23.1 Å². The van der Waals surface area contributed by atoms with Crippen molar-refractivity contribution >= 4 is 51.4 Å². The number of hydrogen-bond donors (Lipinski definition) is 1. The van der Waals surface area contributed by atoms with Crippen molar-refractivity contribution < 1.29 is 9.59 Å². The van der Waals surface area contributed by atoms with Crippen molar-refractivity contribution in [1.29, 1.82) is 0 Å². The SMILES string of the molecule is Cc1csc(N(C(=O)c2ccc3c(c2)NC(=O)C(C)S3)c2ccccc2)n1. The summed E-state index contributed by atoms with van der Waals surface area (Å²) in [6, 6.07) is 14.9. The van der Waals surface area contributed by atoms with Crippen molar-refractivity contribution in [3.63, 3.8) is 0 Å². The Balaban J connectivity index is 1.74. The molecular weight excluding hydrogens is 378 g/mol. The highest BCUT2D eigenvalue weighted by atomic mass is 32.2. The number of thiazole rings is 1. The zero-order valence-electron chi connectivity index (χ0n) is 14.8. The number of aromatic nitrogens is 1. The Morgan fingerprint density at radius 3 is 2.67 bits per heavy atom. The molecule has 4 rings (SSSR count). The third kappa shape index (κ3) is 3.48. The number of amides is 2. The lowest BCUT2D eigenvalue weighted by atomic mass is 10.1. The quantitative estimate of drug-likeness (QED) is 0.688. The third-order valence-electron chi connectivity index (χ3n) is 4.17. The number of rotatable bonds is 3. The molecule has 1 aliphatic rings. The van der Waals surface area contributed by atoms with Gasteiger partial charge in [-0.3, -0.25) is 14.5 Å². The average Bonchev–Trinajstić information content (AvgIpc) is 3.09. The number of nitrogens with zero attached hydrogens (tertiary/aromatic N) is 2. The van der Waals surface area contributed by atoms with Crippen LogP contribution in [0.3, 0.4) is 0 Å². The molecule has 3 aromatic rings. The molecule has 7 heteroatoms. The van der Waals surface area contributed by atoms with Gasteiger partial charge in [0.15, 0.2) is 5.13 Å². The molecule has 1 aliphatic heterocycles. The van der Waals surface area contributed by atoms with Crippen LogP contribution in [0.1, 0.15) is 23.0 Å². The smallest absolute Gasteiger partial charge is 0.264 e. The van der Waals surface area contributed by atoms with Crippen LogP contribution in [0, 0.1) is 6.92 Å². The molecule has 2 amide bonds. The lowest BCUT2D eigenvalue weighted by Gasteiger charge is -2.23. The minimum atomic E-state index is -0.184. The van der Waals surface area contributed by atoms with Crippen molar-refractivity contribution in [2.24, 2.45) is 0 Å². The number of para-hydroxylation sites is 1. The summed E-state index contributed by atoms with van der Waals surface area (Å²) in [6.45, 7) is 3.77. The summed E-state index contributed by atoms with van der Waals surface area (Å²) in [7, 11) is 0. The van der Waals surface area contributed by atoms with E-state index in [0.717, 1.165) is 16.3 Å². The first-order chi connectivity index (χ1) is 13.0. The van der Waals surface area contributed by atoms with Crippen molar-refractivity contribution in [1.82, 2.24) is 4.98 Å². The number of benzene rings is 2. The zero-order chi connectivity index (χ0) is 19.0. The number of aryl methyl sites for hydroxylation is 1. The fraction of sp³-hybridized carbons (Fsp3) is 0.150. The van der Waals surface area contributed by atoms with Crippen LogP contribution in [0.5, 0.6) is 0 Å². The van der Waals surface area contributed by atoms with Gasteiger partial charge in [-0.15, -0.1) is 23.1 Å². The summed E-state index contributed by atoms with van der Waals surface area (Å²) in [5.41, 5.74) is 2.80. The second kappa shape index (κ2) is 7.17. The summed E-state index contributed by atoms with van der Waals surface area (Å²) in [5, 5.41) is 5.28. The first kappa shape index (κ1) is 17.8. The summed E-state index contributed by atoms with van der Waals surface area (Å²) in [5.74, 6) is -0.233. The lowest BCUT2D eigenvalue weighted by Crippen LogP contribution is -2.28. The van der Waals surface area contributed by atoms with Crippen LogP contribution in [0.15, 0.2) is 58.8 Å². The number of carbonyl (C=O) groups excluding carboxylic acids is 2. The van der Waals surface area contributed by atoms with E-state index in [1.807, 2.05) is 55.6 Å². The van der Waals surface area contributed by atoms with Crippen molar-refractivity contribution in [2.45, 2.75) is 24.0 Å². The van der Waals surface area contributed by atoms with Gasteiger partial charge >= 0.3 is 0 Å². The summed E-state index contributed by atoms with van der Waals surface area (Å²) in [6.07, 6.45) is 0. The van der Waals surface area contributed by atoms with E-state index in [-0.39, 0.29) is 17.1 Å². The van der Waals surface area contributed by atoms with Gasteiger partial charge in [0.2, 0.25) is 5.91 Å². The van der Waals surface area contributed by atoms with E-state index < -0.39 is 0 Å². The number of fused-ring (bicyclic) bond motifs is 1. The minimum absolute atomic E-state index is 0.0486. The highest BCUT2D eigenvalue weighted by Gasteiger charge is 2.26. The van der Waals surface area contributed by atoms with Crippen LogP contribution in [0.4, 0.5) is 16.5 Å². The van der Waals surface area contributed by atoms with Gasteiger partial charge in [0, 0.05) is 15.8 Å². The van der Waals surface area contributed by atoms with E-state index in [1.165, 1.54) is 23.1 Å². The maximum absolute atomic E-state index is 13.4. The Bertz CT molecular complexity index is 1020. The molecule has 1 aromatic heterocycles. The van der Waals surface area contributed by atoms with Crippen LogP contribution in [0.2, 0.25) is 0 Å². The van der Waals surface area contributed by atoms with Crippen LogP contribution < -0.4 is 10.2 Å². The maximum Gasteiger partial charge on any atom is 0.264 e. The monoisotopic (exact) mass is 395 g/mol. The largest absolute Gasteiger partial charge is 0.324 e. The maximum atomic E-state index is 13.4. The lowest BCUT2D eigenvalue weighted by molar-refractivity contribution is -0.115.